The number of amides is 4. The van der Waals surface area contributed by atoms with Crippen LogP contribution in [0, 0.1) is 5.82 Å². The third-order valence-corrected chi connectivity index (χ3v) is 7.32. The minimum atomic E-state index is -0.743. The summed E-state index contributed by atoms with van der Waals surface area (Å²) in [5.41, 5.74) is 2.69. The number of nitrogens with one attached hydrogen (secondary N) is 2. The summed E-state index contributed by atoms with van der Waals surface area (Å²) in [7, 11) is 0. The summed E-state index contributed by atoms with van der Waals surface area (Å²) in [6, 6.07) is 9.70. The zero-order chi connectivity index (χ0) is 25.0. The number of aromatic nitrogens is 1. The van der Waals surface area contributed by atoms with Crippen LogP contribution in [0.3, 0.4) is 0 Å². The lowest BCUT2D eigenvalue weighted by atomic mass is 10.0. The van der Waals surface area contributed by atoms with Gasteiger partial charge in [0, 0.05) is 56.3 Å². The molecule has 2 fully saturated rings. The summed E-state index contributed by atoms with van der Waals surface area (Å²) in [5.74, 6) is -1.83. The number of para-hydroxylation sites is 1. The van der Waals surface area contributed by atoms with E-state index in [0.29, 0.717) is 43.0 Å². The first-order chi connectivity index (χ1) is 17.4. The number of rotatable bonds is 3. The second kappa shape index (κ2) is 8.47. The molecule has 4 amide bonds. The van der Waals surface area contributed by atoms with Crippen molar-refractivity contribution in [3.05, 3.63) is 65.1 Å². The minimum Gasteiger partial charge on any atom is -0.366 e. The topological polar surface area (TPSA) is 106 Å². The number of nitrogens with zero attached hydrogens (tertiary/aromatic N) is 3. The van der Waals surface area contributed by atoms with Crippen molar-refractivity contribution >= 4 is 40.2 Å². The quantitative estimate of drug-likeness (QED) is 0.548. The van der Waals surface area contributed by atoms with Crippen LogP contribution in [-0.4, -0.2) is 70.6 Å². The van der Waals surface area contributed by atoms with E-state index in [1.807, 2.05) is 29.3 Å². The van der Waals surface area contributed by atoms with Crippen molar-refractivity contribution in [2.75, 3.05) is 31.1 Å². The predicted molar refractivity (Wildman–Crippen MR) is 129 cm³/mol. The number of piperazine rings is 1. The first-order valence-electron chi connectivity index (χ1n) is 12.0. The zero-order valence-corrected chi connectivity index (χ0v) is 19.4. The van der Waals surface area contributed by atoms with Crippen LogP contribution in [0.1, 0.15) is 39.1 Å². The molecule has 9 nitrogen and oxygen atoms in total. The summed E-state index contributed by atoms with van der Waals surface area (Å²) >= 11 is 0. The van der Waals surface area contributed by atoms with E-state index in [4.69, 9.17) is 0 Å². The second-order valence-corrected chi connectivity index (χ2v) is 9.39. The van der Waals surface area contributed by atoms with Crippen LogP contribution >= 0.6 is 0 Å². The molecule has 3 aliphatic heterocycles. The van der Waals surface area contributed by atoms with Gasteiger partial charge in [-0.25, -0.2) is 4.39 Å². The molecule has 2 N–H and O–H groups in total. The number of aromatic amines is 1. The van der Waals surface area contributed by atoms with Gasteiger partial charge in [0.25, 0.3) is 11.8 Å². The molecule has 1 aromatic heterocycles. The standard InChI is InChI=1S/C26H24FN5O4/c27-19-13-18-16(14-32(26(18)36)20-4-5-22(33)29-24(20)34)12-21(19)30-8-10-31(11-9-30)25(35)17-3-1-2-15-6-7-28-23(15)17/h1-3,6-7,12-13,20,28H,4-5,8-11,14H2,(H,29,33,34). The first-order valence-corrected chi connectivity index (χ1v) is 12.0. The number of benzene rings is 2. The number of piperidine rings is 1. The third kappa shape index (κ3) is 3.60. The molecule has 1 unspecified atom stereocenters. The van der Waals surface area contributed by atoms with Crippen molar-refractivity contribution in [2.45, 2.75) is 25.4 Å². The monoisotopic (exact) mass is 489 g/mol. The normalized spacial score (nSPS) is 20.2. The number of anilines is 1. The van der Waals surface area contributed by atoms with Crippen LogP contribution in [0.25, 0.3) is 10.9 Å². The van der Waals surface area contributed by atoms with Crippen LogP contribution in [0.2, 0.25) is 0 Å². The molecule has 6 rings (SSSR count). The summed E-state index contributed by atoms with van der Waals surface area (Å²) in [6.45, 7) is 1.97. The fourth-order valence-electron chi connectivity index (χ4n) is 5.40. The molecule has 184 valence electrons. The van der Waals surface area contributed by atoms with Gasteiger partial charge in [0.05, 0.1) is 16.8 Å². The number of carbonyl (C=O) groups excluding carboxylic acids is 4. The maximum Gasteiger partial charge on any atom is 0.256 e. The van der Waals surface area contributed by atoms with Crippen LogP contribution in [0.5, 0.6) is 0 Å². The van der Waals surface area contributed by atoms with Crippen LogP contribution in [0.15, 0.2) is 42.6 Å². The van der Waals surface area contributed by atoms with E-state index in [1.54, 1.807) is 17.0 Å². The highest BCUT2D eigenvalue weighted by atomic mass is 19.1. The summed E-state index contributed by atoms with van der Waals surface area (Å²) in [4.78, 5) is 58.0. The van der Waals surface area contributed by atoms with Gasteiger partial charge in [-0.15, -0.1) is 0 Å². The molecule has 0 saturated carbocycles. The molecule has 0 spiro atoms. The Balaban J connectivity index is 1.17. The maximum absolute atomic E-state index is 15.1. The van der Waals surface area contributed by atoms with Crippen molar-refractivity contribution in [1.29, 1.82) is 0 Å². The number of fused-ring (bicyclic) bond motifs is 2. The fraction of sp³-hybridized carbons (Fsp3) is 0.308. The molecule has 0 radical (unpaired) electrons. The molecule has 10 heteroatoms. The summed E-state index contributed by atoms with van der Waals surface area (Å²) < 4.78 is 15.1. The lowest BCUT2D eigenvalue weighted by molar-refractivity contribution is -0.136. The van der Waals surface area contributed by atoms with E-state index in [0.717, 1.165) is 10.9 Å². The van der Waals surface area contributed by atoms with Gasteiger partial charge in [0.2, 0.25) is 11.8 Å². The molecule has 36 heavy (non-hydrogen) atoms. The molecule has 1 atom stereocenters. The van der Waals surface area contributed by atoms with E-state index in [1.165, 1.54) is 11.0 Å². The average molecular weight is 490 g/mol. The lowest BCUT2D eigenvalue weighted by Crippen LogP contribution is -2.52. The molecule has 0 aliphatic carbocycles. The molecule has 0 bridgehead atoms. The molecular formula is C26H24FN5O4. The minimum absolute atomic E-state index is 0.0670. The molecular weight excluding hydrogens is 465 g/mol. The first kappa shape index (κ1) is 22.3. The zero-order valence-electron chi connectivity index (χ0n) is 19.4. The van der Waals surface area contributed by atoms with E-state index in [2.05, 4.69) is 10.3 Å². The number of carbonyl (C=O) groups is 4. The van der Waals surface area contributed by atoms with Crippen molar-refractivity contribution in [2.24, 2.45) is 0 Å². The Labute approximate surface area is 205 Å². The Bertz CT molecular complexity index is 1420. The smallest absolute Gasteiger partial charge is 0.256 e. The van der Waals surface area contributed by atoms with Gasteiger partial charge in [0.1, 0.15) is 11.9 Å². The molecule has 3 aromatic rings. The van der Waals surface area contributed by atoms with Crippen molar-refractivity contribution in [3.63, 3.8) is 0 Å². The summed E-state index contributed by atoms with van der Waals surface area (Å²) in [6.07, 6.45) is 2.23. The average Bonchev–Trinajstić information content (AvgIpc) is 3.48. The number of hydrogen-bond acceptors (Lipinski definition) is 5. The Morgan fingerprint density at radius 2 is 1.83 bits per heavy atom. The number of imide groups is 1. The van der Waals surface area contributed by atoms with Crippen LogP contribution in [0.4, 0.5) is 10.1 Å². The number of hydrogen-bond donors (Lipinski definition) is 2. The largest absolute Gasteiger partial charge is 0.366 e. The van der Waals surface area contributed by atoms with Crippen molar-refractivity contribution in [1.82, 2.24) is 20.1 Å². The lowest BCUT2D eigenvalue weighted by Gasteiger charge is -2.36. The number of H-pyrrole nitrogens is 1. The maximum atomic E-state index is 15.1. The second-order valence-electron chi connectivity index (χ2n) is 9.39. The van der Waals surface area contributed by atoms with Crippen LogP contribution < -0.4 is 10.2 Å². The van der Waals surface area contributed by atoms with E-state index in [-0.39, 0.29) is 36.8 Å². The van der Waals surface area contributed by atoms with Gasteiger partial charge < -0.3 is 19.7 Å². The SMILES string of the molecule is O=C1CCC(N2Cc3cc(N4CCN(C(=O)c5cccc6cc[nH]c56)CC4)c(F)cc3C2=O)C(=O)N1. The van der Waals surface area contributed by atoms with E-state index in [9.17, 15) is 19.2 Å². The Morgan fingerprint density at radius 1 is 1.03 bits per heavy atom. The molecule has 3 aliphatic rings. The van der Waals surface area contributed by atoms with Crippen molar-refractivity contribution < 1.29 is 23.6 Å². The highest BCUT2D eigenvalue weighted by Crippen LogP contribution is 2.33. The summed E-state index contributed by atoms with van der Waals surface area (Å²) in [5, 5.41) is 3.25. The van der Waals surface area contributed by atoms with Gasteiger partial charge in [0.15, 0.2) is 0 Å². The highest BCUT2D eigenvalue weighted by Gasteiger charge is 2.40. The van der Waals surface area contributed by atoms with Gasteiger partial charge in [-0.2, -0.15) is 0 Å². The van der Waals surface area contributed by atoms with Gasteiger partial charge in [-0.1, -0.05) is 12.1 Å². The van der Waals surface area contributed by atoms with E-state index < -0.39 is 23.7 Å². The molecule has 2 aromatic carbocycles. The van der Waals surface area contributed by atoms with Crippen molar-refractivity contribution in [3.8, 4) is 0 Å². The third-order valence-electron chi connectivity index (χ3n) is 7.32. The van der Waals surface area contributed by atoms with Gasteiger partial charge in [-0.3, -0.25) is 24.5 Å². The number of halogens is 1. The molecule has 2 saturated heterocycles. The molecule has 4 heterocycles. The Kier molecular flexibility index (Phi) is 5.24. The fourth-order valence-corrected chi connectivity index (χ4v) is 5.40. The van der Waals surface area contributed by atoms with Gasteiger partial charge >= 0.3 is 0 Å². The van der Waals surface area contributed by atoms with Gasteiger partial charge in [-0.05, 0) is 36.2 Å². The van der Waals surface area contributed by atoms with Crippen LogP contribution in [-0.2, 0) is 16.1 Å². The van der Waals surface area contributed by atoms with E-state index >= 15 is 4.39 Å². The Morgan fingerprint density at radius 3 is 2.61 bits per heavy atom. The highest BCUT2D eigenvalue weighted by molar-refractivity contribution is 6.06. The Hall–Kier alpha value is -4.21. The predicted octanol–water partition coefficient (Wildman–Crippen LogP) is 2.03.